The van der Waals surface area contributed by atoms with Crippen LogP contribution in [0.2, 0.25) is 0 Å². The molecule has 1 aliphatic heterocycles. The van der Waals surface area contributed by atoms with Crippen LogP contribution in [0.1, 0.15) is 23.2 Å². The van der Waals surface area contributed by atoms with Gasteiger partial charge in [-0.2, -0.15) is 0 Å². The molecule has 2 heterocycles. The first-order valence-corrected chi connectivity index (χ1v) is 8.39. The van der Waals surface area contributed by atoms with E-state index in [1.54, 1.807) is 29.4 Å². The molecule has 6 nitrogen and oxygen atoms in total. The highest BCUT2D eigenvalue weighted by atomic mass is 16.5. The van der Waals surface area contributed by atoms with Gasteiger partial charge in [-0.05, 0) is 37.1 Å². The monoisotopic (exact) mass is 339 g/mol. The van der Waals surface area contributed by atoms with Gasteiger partial charge in [0.15, 0.2) is 6.61 Å². The zero-order valence-corrected chi connectivity index (χ0v) is 13.9. The Balaban J connectivity index is 1.42. The number of carbonyl (C=O) groups is 2. The normalized spacial score (nSPS) is 14.8. The van der Waals surface area contributed by atoms with Crippen molar-refractivity contribution in [3.63, 3.8) is 0 Å². The van der Waals surface area contributed by atoms with Crippen LogP contribution in [-0.2, 0) is 4.79 Å². The number of piperidine rings is 1. The first-order chi connectivity index (χ1) is 12.2. The molecule has 0 radical (unpaired) electrons. The smallest absolute Gasteiger partial charge is 0.260 e. The minimum absolute atomic E-state index is 0.0270. The SMILES string of the molecule is O=C(NC1CCN(C(=O)COc2ccccc2)CC1)c1cccnc1. The van der Waals surface area contributed by atoms with Crippen molar-refractivity contribution in [3.8, 4) is 5.75 Å². The van der Waals surface area contributed by atoms with Crippen molar-refractivity contribution in [2.45, 2.75) is 18.9 Å². The maximum atomic E-state index is 12.2. The Bertz CT molecular complexity index is 698. The summed E-state index contributed by atoms with van der Waals surface area (Å²) in [5.74, 6) is 0.542. The Morgan fingerprint density at radius 3 is 2.56 bits per heavy atom. The third-order valence-electron chi connectivity index (χ3n) is 4.21. The number of rotatable bonds is 5. The molecule has 1 fully saturated rings. The highest BCUT2D eigenvalue weighted by molar-refractivity contribution is 5.94. The molecule has 1 N–H and O–H groups in total. The Morgan fingerprint density at radius 1 is 1.12 bits per heavy atom. The van der Waals surface area contributed by atoms with E-state index in [4.69, 9.17) is 4.74 Å². The summed E-state index contributed by atoms with van der Waals surface area (Å²) in [5.41, 5.74) is 0.553. The number of nitrogens with one attached hydrogen (secondary N) is 1. The number of nitrogens with zero attached hydrogens (tertiary/aromatic N) is 2. The van der Waals surface area contributed by atoms with E-state index < -0.39 is 0 Å². The van der Waals surface area contributed by atoms with Gasteiger partial charge in [0, 0.05) is 31.5 Å². The molecule has 6 heteroatoms. The topological polar surface area (TPSA) is 71.5 Å². The summed E-state index contributed by atoms with van der Waals surface area (Å²) < 4.78 is 5.50. The van der Waals surface area contributed by atoms with Crippen LogP contribution >= 0.6 is 0 Å². The van der Waals surface area contributed by atoms with E-state index in [1.165, 1.54) is 0 Å². The number of ether oxygens (including phenoxy) is 1. The van der Waals surface area contributed by atoms with E-state index in [9.17, 15) is 9.59 Å². The van der Waals surface area contributed by atoms with Gasteiger partial charge in [-0.1, -0.05) is 18.2 Å². The van der Waals surface area contributed by atoms with E-state index in [0.29, 0.717) is 24.4 Å². The van der Waals surface area contributed by atoms with Crippen LogP contribution in [0.25, 0.3) is 0 Å². The summed E-state index contributed by atoms with van der Waals surface area (Å²) in [4.78, 5) is 30.1. The van der Waals surface area contributed by atoms with Gasteiger partial charge in [0.2, 0.25) is 0 Å². The van der Waals surface area contributed by atoms with Crippen LogP contribution in [0.4, 0.5) is 0 Å². The highest BCUT2D eigenvalue weighted by Crippen LogP contribution is 2.13. The minimum Gasteiger partial charge on any atom is -0.484 e. The number of aromatic nitrogens is 1. The van der Waals surface area contributed by atoms with E-state index in [0.717, 1.165) is 12.8 Å². The maximum Gasteiger partial charge on any atom is 0.260 e. The predicted octanol–water partition coefficient (Wildman–Crippen LogP) is 1.88. The van der Waals surface area contributed by atoms with E-state index >= 15 is 0 Å². The molecule has 2 aromatic rings. The van der Waals surface area contributed by atoms with Gasteiger partial charge in [0.25, 0.3) is 11.8 Å². The van der Waals surface area contributed by atoms with Crippen molar-refractivity contribution in [1.29, 1.82) is 0 Å². The zero-order valence-electron chi connectivity index (χ0n) is 13.9. The molecule has 1 aromatic carbocycles. The Kier molecular flexibility index (Phi) is 5.61. The largest absolute Gasteiger partial charge is 0.484 e. The van der Waals surface area contributed by atoms with Gasteiger partial charge in [0.1, 0.15) is 5.75 Å². The lowest BCUT2D eigenvalue weighted by molar-refractivity contribution is -0.134. The molecule has 2 amide bonds. The molecule has 1 saturated heterocycles. The number of amides is 2. The molecule has 0 spiro atoms. The van der Waals surface area contributed by atoms with Crippen molar-refractivity contribution >= 4 is 11.8 Å². The summed E-state index contributed by atoms with van der Waals surface area (Å²) in [6.45, 7) is 1.28. The van der Waals surface area contributed by atoms with Gasteiger partial charge in [-0.3, -0.25) is 14.6 Å². The van der Waals surface area contributed by atoms with E-state index in [1.807, 2.05) is 30.3 Å². The van der Waals surface area contributed by atoms with Gasteiger partial charge < -0.3 is 15.0 Å². The molecular formula is C19H21N3O3. The number of hydrogen-bond donors (Lipinski definition) is 1. The quantitative estimate of drug-likeness (QED) is 0.903. The van der Waals surface area contributed by atoms with Crippen LogP contribution in [0.15, 0.2) is 54.9 Å². The molecule has 25 heavy (non-hydrogen) atoms. The zero-order chi connectivity index (χ0) is 17.5. The molecule has 0 saturated carbocycles. The summed E-state index contributed by atoms with van der Waals surface area (Å²) >= 11 is 0. The fourth-order valence-electron chi connectivity index (χ4n) is 2.79. The number of benzene rings is 1. The van der Waals surface area contributed by atoms with Crippen molar-refractivity contribution < 1.29 is 14.3 Å². The van der Waals surface area contributed by atoms with Gasteiger partial charge in [-0.15, -0.1) is 0 Å². The molecule has 0 aliphatic carbocycles. The van der Waals surface area contributed by atoms with Crippen LogP contribution in [0.5, 0.6) is 5.75 Å². The van der Waals surface area contributed by atoms with Crippen LogP contribution in [-0.4, -0.2) is 47.4 Å². The number of carbonyl (C=O) groups excluding carboxylic acids is 2. The summed E-state index contributed by atoms with van der Waals surface area (Å²) in [5, 5.41) is 3.00. The minimum atomic E-state index is -0.120. The van der Waals surface area contributed by atoms with Crippen molar-refractivity contribution in [1.82, 2.24) is 15.2 Å². The average Bonchev–Trinajstić information content (AvgIpc) is 2.68. The third-order valence-corrected chi connectivity index (χ3v) is 4.21. The Hall–Kier alpha value is -2.89. The molecule has 0 bridgehead atoms. The van der Waals surface area contributed by atoms with E-state index in [2.05, 4.69) is 10.3 Å². The van der Waals surface area contributed by atoms with Crippen LogP contribution in [0.3, 0.4) is 0 Å². The van der Waals surface area contributed by atoms with Crippen molar-refractivity contribution in [2.24, 2.45) is 0 Å². The molecular weight excluding hydrogens is 318 g/mol. The summed E-state index contributed by atoms with van der Waals surface area (Å²) in [6.07, 6.45) is 4.67. The first kappa shape index (κ1) is 17.0. The predicted molar refractivity (Wildman–Crippen MR) is 93.2 cm³/mol. The highest BCUT2D eigenvalue weighted by Gasteiger charge is 2.24. The second kappa shape index (κ2) is 8.28. The molecule has 0 atom stereocenters. The Labute approximate surface area is 146 Å². The lowest BCUT2D eigenvalue weighted by Gasteiger charge is -2.32. The summed E-state index contributed by atoms with van der Waals surface area (Å²) in [6, 6.07) is 12.9. The number of likely N-dealkylation sites (tertiary alicyclic amines) is 1. The van der Waals surface area contributed by atoms with Crippen molar-refractivity contribution in [3.05, 3.63) is 60.4 Å². The van der Waals surface area contributed by atoms with Gasteiger partial charge >= 0.3 is 0 Å². The Morgan fingerprint density at radius 2 is 1.88 bits per heavy atom. The number of hydrogen-bond acceptors (Lipinski definition) is 4. The van der Waals surface area contributed by atoms with Crippen molar-refractivity contribution in [2.75, 3.05) is 19.7 Å². The van der Waals surface area contributed by atoms with E-state index in [-0.39, 0.29) is 24.5 Å². The average molecular weight is 339 g/mol. The number of pyridine rings is 1. The molecule has 3 rings (SSSR count). The molecule has 0 unspecified atom stereocenters. The second-order valence-electron chi connectivity index (χ2n) is 5.97. The maximum absolute atomic E-state index is 12.2. The van der Waals surface area contributed by atoms with Crippen LogP contribution in [0, 0.1) is 0 Å². The first-order valence-electron chi connectivity index (χ1n) is 8.39. The van der Waals surface area contributed by atoms with Gasteiger partial charge in [0.05, 0.1) is 5.56 Å². The lowest BCUT2D eigenvalue weighted by atomic mass is 10.0. The fraction of sp³-hybridized carbons (Fsp3) is 0.316. The second-order valence-corrected chi connectivity index (χ2v) is 5.97. The summed E-state index contributed by atoms with van der Waals surface area (Å²) in [7, 11) is 0. The van der Waals surface area contributed by atoms with Gasteiger partial charge in [-0.25, -0.2) is 0 Å². The molecule has 1 aromatic heterocycles. The van der Waals surface area contributed by atoms with Crippen LogP contribution < -0.4 is 10.1 Å². The fourth-order valence-corrected chi connectivity index (χ4v) is 2.79. The standard InChI is InChI=1S/C19H21N3O3/c23-18(14-25-17-6-2-1-3-7-17)22-11-8-16(9-12-22)21-19(24)15-5-4-10-20-13-15/h1-7,10,13,16H,8-9,11-12,14H2,(H,21,24). The molecule has 130 valence electrons. The third kappa shape index (κ3) is 4.79. The molecule has 1 aliphatic rings. The lowest BCUT2D eigenvalue weighted by Crippen LogP contribution is -2.47. The number of para-hydroxylation sites is 1.